The van der Waals surface area contributed by atoms with E-state index in [1.54, 1.807) is 28.4 Å². The van der Waals surface area contributed by atoms with Crippen LogP contribution in [0.2, 0.25) is 0 Å². The van der Waals surface area contributed by atoms with Gasteiger partial charge in [0.1, 0.15) is 23.0 Å². The summed E-state index contributed by atoms with van der Waals surface area (Å²) in [6.45, 7) is 6.60. The van der Waals surface area contributed by atoms with Crippen molar-refractivity contribution in [3.63, 3.8) is 0 Å². The standard InChI is InChI=1S/C27H33NO4/c1-15-11-19-18(9-10-21(29-5)27(19)22(12-15)30-6)26-20-13-16(2)28(4)17(3)25(20)23(31-7)14-24(26)32-8/h9-12,14,16-17H,13H2,1-8H3. The van der Waals surface area contributed by atoms with E-state index in [0.717, 1.165) is 56.9 Å². The Bertz CT molecular complexity index is 1170. The van der Waals surface area contributed by atoms with Gasteiger partial charge in [0.2, 0.25) is 0 Å². The molecule has 1 heterocycles. The number of hydrogen-bond acceptors (Lipinski definition) is 5. The summed E-state index contributed by atoms with van der Waals surface area (Å²) in [6.07, 6.45) is 0.912. The second-order valence-corrected chi connectivity index (χ2v) is 8.65. The number of rotatable bonds is 5. The molecule has 0 fully saturated rings. The number of aryl methyl sites for hydroxylation is 1. The van der Waals surface area contributed by atoms with Gasteiger partial charge in [0.25, 0.3) is 0 Å². The molecule has 5 nitrogen and oxygen atoms in total. The third kappa shape index (κ3) is 3.36. The molecule has 0 radical (unpaired) electrons. The van der Waals surface area contributed by atoms with Gasteiger partial charge >= 0.3 is 0 Å². The summed E-state index contributed by atoms with van der Waals surface area (Å²) in [5.74, 6) is 3.29. The molecule has 2 unspecified atom stereocenters. The van der Waals surface area contributed by atoms with Gasteiger partial charge in [0, 0.05) is 29.3 Å². The number of nitrogens with zero attached hydrogens (tertiary/aromatic N) is 1. The molecule has 5 heteroatoms. The fourth-order valence-corrected chi connectivity index (χ4v) is 5.12. The Kier molecular flexibility index (Phi) is 5.95. The predicted molar refractivity (Wildman–Crippen MR) is 130 cm³/mol. The maximum Gasteiger partial charge on any atom is 0.130 e. The first-order valence-corrected chi connectivity index (χ1v) is 11.0. The highest BCUT2D eigenvalue weighted by Crippen LogP contribution is 2.50. The quantitative estimate of drug-likeness (QED) is 0.507. The molecule has 4 rings (SSSR count). The zero-order chi connectivity index (χ0) is 23.2. The van der Waals surface area contributed by atoms with Crippen molar-refractivity contribution in [1.82, 2.24) is 4.90 Å². The number of methoxy groups -OCH3 is 4. The van der Waals surface area contributed by atoms with E-state index in [2.05, 4.69) is 50.9 Å². The van der Waals surface area contributed by atoms with Crippen LogP contribution >= 0.6 is 0 Å². The van der Waals surface area contributed by atoms with Crippen molar-refractivity contribution in [2.45, 2.75) is 39.3 Å². The number of benzene rings is 3. The summed E-state index contributed by atoms with van der Waals surface area (Å²) in [5, 5.41) is 2.06. The minimum Gasteiger partial charge on any atom is -0.496 e. The Morgan fingerprint density at radius 3 is 2.09 bits per heavy atom. The molecule has 32 heavy (non-hydrogen) atoms. The Morgan fingerprint density at radius 1 is 0.812 bits per heavy atom. The first-order valence-electron chi connectivity index (χ1n) is 11.0. The molecule has 0 spiro atoms. The highest BCUT2D eigenvalue weighted by atomic mass is 16.5. The van der Waals surface area contributed by atoms with Crippen LogP contribution in [0.25, 0.3) is 21.9 Å². The van der Waals surface area contributed by atoms with Crippen molar-refractivity contribution in [2.24, 2.45) is 0 Å². The molecule has 2 atom stereocenters. The van der Waals surface area contributed by atoms with Crippen molar-refractivity contribution in [1.29, 1.82) is 0 Å². The zero-order valence-electron chi connectivity index (χ0n) is 20.3. The lowest BCUT2D eigenvalue weighted by molar-refractivity contribution is 0.175. The summed E-state index contributed by atoms with van der Waals surface area (Å²) in [6, 6.07) is 11.1. The van der Waals surface area contributed by atoms with Crippen LogP contribution in [-0.4, -0.2) is 46.4 Å². The maximum absolute atomic E-state index is 5.94. The summed E-state index contributed by atoms with van der Waals surface area (Å²) in [4.78, 5) is 2.40. The normalized spacial score (nSPS) is 18.4. The lowest BCUT2D eigenvalue weighted by Gasteiger charge is -2.39. The van der Waals surface area contributed by atoms with Crippen molar-refractivity contribution < 1.29 is 18.9 Å². The van der Waals surface area contributed by atoms with Gasteiger partial charge in [-0.1, -0.05) is 6.07 Å². The molecule has 0 N–H and O–H groups in total. The number of likely N-dealkylation sites (N-methyl/N-ethyl adjacent to an activating group) is 1. The molecule has 0 bridgehead atoms. The average Bonchev–Trinajstić information content (AvgIpc) is 2.80. The molecular formula is C27H33NO4. The molecule has 0 aromatic heterocycles. The van der Waals surface area contributed by atoms with Crippen molar-refractivity contribution in [3.05, 3.63) is 47.0 Å². The highest BCUT2D eigenvalue weighted by Gasteiger charge is 2.33. The SMILES string of the molecule is COc1cc(OC)c2c(c1-c1ccc(OC)c3c(OC)cc(C)cc13)CC(C)N(C)C2C. The first-order chi connectivity index (χ1) is 15.4. The van der Waals surface area contributed by atoms with Gasteiger partial charge in [-0.2, -0.15) is 0 Å². The average molecular weight is 436 g/mol. The lowest BCUT2D eigenvalue weighted by Crippen LogP contribution is -2.38. The van der Waals surface area contributed by atoms with Gasteiger partial charge in [-0.15, -0.1) is 0 Å². The molecule has 3 aromatic carbocycles. The molecular weight excluding hydrogens is 402 g/mol. The molecule has 0 saturated carbocycles. The summed E-state index contributed by atoms with van der Waals surface area (Å²) in [5.41, 5.74) is 5.88. The minimum absolute atomic E-state index is 0.231. The largest absolute Gasteiger partial charge is 0.496 e. The van der Waals surface area contributed by atoms with Crippen LogP contribution in [0.4, 0.5) is 0 Å². The number of fused-ring (bicyclic) bond motifs is 2. The van der Waals surface area contributed by atoms with Gasteiger partial charge in [-0.05, 0) is 74.5 Å². The Morgan fingerprint density at radius 2 is 1.47 bits per heavy atom. The van der Waals surface area contributed by atoms with E-state index in [9.17, 15) is 0 Å². The summed E-state index contributed by atoms with van der Waals surface area (Å²) in [7, 11) is 9.04. The zero-order valence-corrected chi connectivity index (χ0v) is 20.3. The second kappa shape index (κ2) is 8.55. The third-order valence-electron chi connectivity index (χ3n) is 6.96. The van der Waals surface area contributed by atoms with Gasteiger partial charge < -0.3 is 18.9 Å². The van der Waals surface area contributed by atoms with Crippen LogP contribution < -0.4 is 18.9 Å². The smallest absolute Gasteiger partial charge is 0.130 e. The molecule has 3 aromatic rings. The van der Waals surface area contributed by atoms with Crippen LogP contribution in [0.5, 0.6) is 23.0 Å². The Hall–Kier alpha value is -2.92. The molecule has 1 aliphatic heterocycles. The van der Waals surface area contributed by atoms with Crippen molar-refractivity contribution in [3.8, 4) is 34.1 Å². The Balaban J connectivity index is 2.15. The Labute approximate surface area is 190 Å². The lowest BCUT2D eigenvalue weighted by atomic mass is 9.82. The van der Waals surface area contributed by atoms with Gasteiger partial charge in [0.05, 0.1) is 33.8 Å². The second-order valence-electron chi connectivity index (χ2n) is 8.65. The van der Waals surface area contributed by atoms with Crippen LogP contribution in [0, 0.1) is 6.92 Å². The monoisotopic (exact) mass is 435 g/mol. The van der Waals surface area contributed by atoms with Crippen LogP contribution in [-0.2, 0) is 6.42 Å². The summed E-state index contributed by atoms with van der Waals surface area (Å²) < 4.78 is 23.2. The van der Waals surface area contributed by atoms with E-state index in [-0.39, 0.29) is 6.04 Å². The third-order valence-corrected chi connectivity index (χ3v) is 6.96. The molecule has 0 saturated heterocycles. The van der Waals surface area contributed by atoms with E-state index in [1.165, 1.54) is 11.1 Å². The minimum atomic E-state index is 0.231. The highest BCUT2D eigenvalue weighted by molar-refractivity contribution is 6.05. The van der Waals surface area contributed by atoms with E-state index >= 15 is 0 Å². The topological polar surface area (TPSA) is 40.2 Å². The fourth-order valence-electron chi connectivity index (χ4n) is 5.12. The molecule has 0 aliphatic carbocycles. The van der Waals surface area contributed by atoms with Crippen molar-refractivity contribution >= 4 is 10.8 Å². The predicted octanol–water partition coefficient (Wildman–Crippen LogP) is 5.79. The van der Waals surface area contributed by atoms with E-state index in [1.807, 2.05) is 12.1 Å². The van der Waals surface area contributed by atoms with Crippen LogP contribution in [0.3, 0.4) is 0 Å². The maximum atomic E-state index is 5.94. The van der Waals surface area contributed by atoms with Crippen LogP contribution in [0.15, 0.2) is 30.3 Å². The fraction of sp³-hybridized carbons (Fsp3) is 0.407. The molecule has 0 amide bonds. The van der Waals surface area contributed by atoms with Crippen molar-refractivity contribution in [2.75, 3.05) is 35.5 Å². The van der Waals surface area contributed by atoms with E-state index < -0.39 is 0 Å². The van der Waals surface area contributed by atoms with E-state index in [4.69, 9.17) is 18.9 Å². The van der Waals surface area contributed by atoms with Crippen LogP contribution in [0.1, 0.15) is 36.6 Å². The van der Waals surface area contributed by atoms with Gasteiger partial charge in [0.15, 0.2) is 0 Å². The van der Waals surface area contributed by atoms with Gasteiger partial charge in [-0.3, -0.25) is 4.90 Å². The first kappa shape index (κ1) is 22.3. The molecule has 1 aliphatic rings. The van der Waals surface area contributed by atoms with Gasteiger partial charge in [-0.25, -0.2) is 0 Å². The van der Waals surface area contributed by atoms with E-state index in [0.29, 0.717) is 6.04 Å². The summed E-state index contributed by atoms with van der Waals surface area (Å²) >= 11 is 0. The number of ether oxygens (including phenoxy) is 4. The molecule has 170 valence electrons. The number of hydrogen-bond donors (Lipinski definition) is 0.